The largest absolute Gasteiger partial charge is 0.342 e. The molecule has 1 aromatic heterocycles. The predicted octanol–water partition coefficient (Wildman–Crippen LogP) is 0.705. The summed E-state index contributed by atoms with van der Waals surface area (Å²) in [6.07, 6.45) is 4.73. The molecule has 1 aromatic rings. The Hall–Kier alpha value is -1.11. The summed E-state index contributed by atoms with van der Waals surface area (Å²) in [6.45, 7) is 1.80. The maximum absolute atomic E-state index is 12.0. The Labute approximate surface area is 105 Å². The van der Waals surface area contributed by atoms with Crippen LogP contribution >= 0.6 is 11.8 Å². The van der Waals surface area contributed by atoms with Crippen molar-refractivity contribution in [3.8, 4) is 0 Å². The Bertz CT molecular complexity index is 373. The predicted molar refractivity (Wildman–Crippen MR) is 64.6 cm³/mol. The summed E-state index contributed by atoms with van der Waals surface area (Å²) < 4.78 is 1.58. The maximum atomic E-state index is 12.0. The molecule has 0 unspecified atom stereocenters. The first-order chi connectivity index (χ1) is 8.27. The standard InChI is InChI=1S/C10H17N5OS/c1-14-10(11-12-13-14)17-8-9(16)15-6-4-2-3-5-7-15/h2-8H2,1H3. The second-order valence-corrected chi connectivity index (χ2v) is 5.11. The van der Waals surface area contributed by atoms with Gasteiger partial charge in [0.2, 0.25) is 11.1 Å². The molecule has 0 aliphatic carbocycles. The number of likely N-dealkylation sites (tertiary alicyclic amines) is 1. The molecular formula is C10H17N5OS. The molecule has 0 saturated carbocycles. The molecule has 0 bridgehead atoms. The Balaban J connectivity index is 1.82. The van der Waals surface area contributed by atoms with Gasteiger partial charge in [-0.15, -0.1) is 5.10 Å². The molecule has 17 heavy (non-hydrogen) atoms. The van der Waals surface area contributed by atoms with Gasteiger partial charge in [0.15, 0.2) is 0 Å². The van der Waals surface area contributed by atoms with Crippen molar-refractivity contribution in [2.45, 2.75) is 30.8 Å². The van der Waals surface area contributed by atoms with Gasteiger partial charge in [-0.2, -0.15) is 0 Å². The van der Waals surface area contributed by atoms with Crippen molar-refractivity contribution in [1.82, 2.24) is 25.1 Å². The smallest absolute Gasteiger partial charge is 0.233 e. The first kappa shape index (κ1) is 12.3. The van der Waals surface area contributed by atoms with Crippen LogP contribution in [0, 0.1) is 0 Å². The first-order valence-electron chi connectivity index (χ1n) is 5.90. The van der Waals surface area contributed by atoms with Crippen LogP contribution in [0.4, 0.5) is 0 Å². The number of carbonyl (C=O) groups excluding carboxylic acids is 1. The SMILES string of the molecule is Cn1nnnc1SCC(=O)N1CCCCCC1. The number of aryl methyl sites for hydroxylation is 1. The fourth-order valence-corrected chi connectivity index (χ4v) is 2.63. The van der Waals surface area contributed by atoms with E-state index in [1.807, 2.05) is 4.90 Å². The van der Waals surface area contributed by atoms with E-state index >= 15 is 0 Å². The highest BCUT2D eigenvalue weighted by Gasteiger charge is 2.16. The van der Waals surface area contributed by atoms with E-state index < -0.39 is 0 Å². The molecule has 1 fully saturated rings. The zero-order valence-electron chi connectivity index (χ0n) is 10.0. The van der Waals surface area contributed by atoms with Gasteiger partial charge < -0.3 is 4.90 Å². The van der Waals surface area contributed by atoms with Crippen LogP contribution < -0.4 is 0 Å². The molecule has 0 spiro atoms. The number of rotatable bonds is 3. The van der Waals surface area contributed by atoms with Gasteiger partial charge in [0.1, 0.15) is 0 Å². The number of hydrogen-bond donors (Lipinski definition) is 0. The third-order valence-electron chi connectivity index (χ3n) is 2.86. The van der Waals surface area contributed by atoms with Gasteiger partial charge in [-0.05, 0) is 23.3 Å². The molecule has 0 N–H and O–H groups in total. The molecule has 0 radical (unpaired) electrons. The quantitative estimate of drug-likeness (QED) is 0.744. The van der Waals surface area contributed by atoms with Gasteiger partial charge in [0.05, 0.1) is 5.75 Å². The average molecular weight is 255 g/mol. The lowest BCUT2D eigenvalue weighted by atomic mass is 10.2. The molecule has 0 atom stereocenters. The van der Waals surface area contributed by atoms with E-state index in [0.717, 1.165) is 25.9 Å². The summed E-state index contributed by atoms with van der Waals surface area (Å²) in [5.74, 6) is 0.619. The van der Waals surface area contributed by atoms with Crippen LogP contribution in [-0.4, -0.2) is 49.9 Å². The molecule has 7 heteroatoms. The minimum atomic E-state index is 0.194. The van der Waals surface area contributed by atoms with E-state index in [-0.39, 0.29) is 5.91 Å². The van der Waals surface area contributed by atoms with Crippen molar-refractivity contribution in [3.05, 3.63) is 0 Å². The lowest BCUT2D eigenvalue weighted by Crippen LogP contribution is -2.33. The van der Waals surface area contributed by atoms with Crippen molar-refractivity contribution in [2.24, 2.45) is 7.05 Å². The van der Waals surface area contributed by atoms with E-state index in [1.54, 1.807) is 11.7 Å². The van der Waals surface area contributed by atoms with Gasteiger partial charge in [-0.25, -0.2) is 4.68 Å². The molecule has 1 aliphatic rings. The van der Waals surface area contributed by atoms with Crippen LogP contribution in [0.5, 0.6) is 0 Å². The van der Waals surface area contributed by atoms with Gasteiger partial charge in [0.25, 0.3) is 0 Å². The number of tetrazole rings is 1. The molecule has 1 aliphatic heterocycles. The van der Waals surface area contributed by atoms with Crippen LogP contribution in [0.15, 0.2) is 5.16 Å². The summed E-state index contributed by atoms with van der Waals surface area (Å²) >= 11 is 1.40. The van der Waals surface area contributed by atoms with Crippen molar-refractivity contribution >= 4 is 17.7 Å². The lowest BCUT2D eigenvalue weighted by molar-refractivity contribution is -0.128. The summed E-state index contributed by atoms with van der Waals surface area (Å²) in [5, 5.41) is 11.8. The van der Waals surface area contributed by atoms with Crippen molar-refractivity contribution in [2.75, 3.05) is 18.8 Å². The summed E-state index contributed by atoms with van der Waals surface area (Å²) in [4.78, 5) is 13.9. The van der Waals surface area contributed by atoms with Crippen LogP contribution in [0.2, 0.25) is 0 Å². The zero-order valence-corrected chi connectivity index (χ0v) is 10.8. The number of carbonyl (C=O) groups is 1. The summed E-state index contributed by atoms with van der Waals surface area (Å²) in [7, 11) is 1.78. The second kappa shape index (κ2) is 6.00. The molecule has 2 heterocycles. The van der Waals surface area contributed by atoms with Gasteiger partial charge in [0, 0.05) is 20.1 Å². The number of aromatic nitrogens is 4. The zero-order chi connectivity index (χ0) is 12.1. The van der Waals surface area contributed by atoms with Crippen LogP contribution in [-0.2, 0) is 11.8 Å². The minimum absolute atomic E-state index is 0.194. The van der Waals surface area contributed by atoms with Crippen LogP contribution in [0.25, 0.3) is 0 Å². The molecule has 94 valence electrons. The first-order valence-corrected chi connectivity index (χ1v) is 6.89. The van der Waals surface area contributed by atoms with Crippen molar-refractivity contribution in [1.29, 1.82) is 0 Å². The van der Waals surface area contributed by atoms with Crippen LogP contribution in [0.1, 0.15) is 25.7 Å². The molecule has 2 rings (SSSR count). The minimum Gasteiger partial charge on any atom is -0.342 e. The summed E-state index contributed by atoms with van der Waals surface area (Å²) in [6, 6.07) is 0. The number of amides is 1. The van der Waals surface area contributed by atoms with E-state index in [9.17, 15) is 4.79 Å². The highest BCUT2D eigenvalue weighted by Crippen LogP contribution is 2.15. The fraction of sp³-hybridized carbons (Fsp3) is 0.800. The Morgan fingerprint density at radius 2 is 2.00 bits per heavy atom. The second-order valence-electron chi connectivity index (χ2n) is 4.17. The van der Waals surface area contributed by atoms with Crippen molar-refractivity contribution in [3.63, 3.8) is 0 Å². The molecule has 6 nitrogen and oxygen atoms in total. The fourth-order valence-electron chi connectivity index (χ4n) is 1.88. The van der Waals surface area contributed by atoms with Gasteiger partial charge >= 0.3 is 0 Å². The van der Waals surface area contributed by atoms with Gasteiger partial charge in [-0.1, -0.05) is 24.6 Å². The molecule has 1 saturated heterocycles. The number of thioether (sulfide) groups is 1. The van der Waals surface area contributed by atoms with E-state index in [1.165, 1.54) is 24.6 Å². The molecule has 1 amide bonds. The van der Waals surface area contributed by atoms with Gasteiger partial charge in [-0.3, -0.25) is 4.79 Å². The Morgan fingerprint density at radius 1 is 1.29 bits per heavy atom. The monoisotopic (exact) mass is 255 g/mol. The Kier molecular flexibility index (Phi) is 4.36. The topological polar surface area (TPSA) is 63.9 Å². The van der Waals surface area contributed by atoms with E-state index in [2.05, 4.69) is 15.5 Å². The maximum Gasteiger partial charge on any atom is 0.233 e. The molecule has 0 aromatic carbocycles. The number of nitrogens with zero attached hydrogens (tertiary/aromatic N) is 5. The van der Waals surface area contributed by atoms with E-state index in [0.29, 0.717) is 10.9 Å². The lowest BCUT2D eigenvalue weighted by Gasteiger charge is -2.19. The number of hydrogen-bond acceptors (Lipinski definition) is 5. The van der Waals surface area contributed by atoms with Crippen molar-refractivity contribution < 1.29 is 4.79 Å². The average Bonchev–Trinajstić information content (AvgIpc) is 2.58. The Morgan fingerprint density at radius 3 is 2.59 bits per heavy atom. The third kappa shape index (κ3) is 3.42. The third-order valence-corrected chi connectivity index (χ3v) is 3.86. The van der Waals surface area contributed by atoms with E-state index in [4.69, 9.17) is 0 Å². The molecular weight excluding hydrogens is 238 g/mol. The summed E-state index contributed by atoms with van der Waals surface area (Å²) in [5.41, 5.74) is 0. The highest BCUT2D eigenvalue weighted by molar-refractivity contribution is 7.99. The highest BCUT2D eigenvalue weighted by atomic mass is 32.2. The van der Waals surface area contributed by atoms with Crippen LogP contribution in [0.3, 0.4) is 0 Å². The normalized spacial score (nSPS) is 16.9.